The second-order valence-electron chi connectivity index (χ2n) is 6.54. The van der Waals surface area contributed by atoms with Crippen LogP contribution in [0.3, 0.4) is 0 Å². The van der Waals surface area contributed by atoms with E-state index in [9.17, 15) is 9.59 Å². The van der Waals surface area contributed by atoms with Crippen LogP contribution in [0.25, 0.3) is 0 Å². The predicted molar refractivity (Wildman–Crippen MR) is 102 cm³/mol. The van der Waals surface area contributed by atoms with Gasteiger partial charge >= 0.3 is 5.97 Å². The molecule has 1 N–H and O–H groups in total. The van der Waals surface area contributed by atoms with Crippen molar-refractivity contribution in [2.75, 3.05) is 18.5 Å². The zero-order valence-corrected chi connectivity index (χ0v) is 15.7. The summed E-state index contributed by atoms with van der Waals surface area (Å²) in [5.74, 6) is 0.0602. The lowest BCUT2D eigenvalue weighted by Crippen LogP contribution is -2.23. The molecule has 2 rings (SSSR count). The molecule has 0 aliphatic carbocycles. The third kappa shape index (κ3) is 5.92. The minimum absolute atomic E-state index is 0.238. The number of carbonyl (C=O) groups is 2. The molecule has 5 heteroatoms. The number of hydrogen-bond acceptors (Lipinski definition) is 4. The molecule has 0 unspecified atom stereocenters. The van der Waals surface area contributed by atoms with Crippen LogP contribution in [-0.4, -0.2) is 25.1 Å². The first-order valence-corrected chi connectivity index (χ1v) is 8.60. The fraction of sp³-hybridized carbons (Fsp3) is 0.333. The smallest absolute Gasteiger partial charge is 0.344 e. The van der Waals surface area contributed by atoms with Gasteiger partial charge in [-0.1, -0.05) is 32.0 Å². The van der Waals surface area contributed by atoms with Crippen molar-refractivity contribution in [2.45, 2.75) is 33.6 Å². The van der Waals surface area contributed by atoms with Crippen molar-refractivity contribution >= 4 is 17.6 Å². The monoisotopic (exact) mass is 355 g/mol. The highest BCUT2D eigenvalue weighted by atomic mass is 16.6. The SMILES string of the molecule is Cc1cccc(NC(=O)COC(=O)COc2ccc(C(C)C)c(C)c2)c1. The van der Waals surface area contributed by atoms with E-state index in [0.717, 1.165) is 11.1 Å². The van der Waals surface area contributed by atoms with Crippen molar-refractivity contribution in [2.24, 2.45) is 0 Å². The van der Waals surface area contributed by atoms with Crippen LogP contribution >= 0.6 is 0 Å². The number of anilines is 1. The highest BCUT2D eigenvalue weighted by Gasteiger charge is 2.10. The van der Waals surface area contributed by atoms with E-state index in [-0.39, 0.29) is 19.1 Å². The molecule has 0 radical (unpaired) electrons. The highest BCUT2D eigenvalue weighted by molar-refractivity contribution is 5.92. The van der Waals surface area contributed by atoms with Crippen LogP contribution in [0, 0.1) is 13.8 Å². The first-order valence-electron chi connectivity index (χ1n) is 8.60. The van der Waals surface area contributed by atoms with Crippen LogP contribution in [0.1, 0.15) is 36.5 Å². The van der Waals surface area contributed by atoms with Crippen LogP contribution in [0.4, 0.5) is 5.69 Å². The normalized spacial score (nSPS) is 10.5. The van der Waals surface area contributed by atoms with E-state index >= 15 is 0 Å². The average Bonchev–Trinajstić information content (AvgIpc) is 2.58. The zero-order valence-electron chi connectivity index (χ0n) is 15.7. The van der Waals surface area contributed by atoms with Gasteiger partial charge in [-0.25, -0.2) is 4.79 Å². The summed E-state index contributed by atoms with van der Waals surface area (Å²) in [5, 5.41) is 2.68. The Morgan fingerprint density at radius 1 is 1.04 bits per heavy atom. The summed E-state index contributed by atoms with van der Waals surface area (Å²) >= 11 is 0. The molecule has 0 saturated carbocycles. The topological polar surface area (TPSA) is 64.6 Å². The number of carbonyl (C=O) groups excluding carboxylic acids is 2. The molecule has 138 valence electrons. The van der Waals surface area contributed by atoms with Gasteiger partial charge in [-0.2, -0.15) is 0 Å². The van der Waals surface area contributed by atoms with E-state index in [2.05, 4.69) is 19.2 Å². The summed E-state index contributed by atoms with van der Waals surface area (Å²) in [6.45, 7) is 7.61. The second kappa shape index (κ2) is 9.04. The Morgan fingerprint density at radius 3 is 2.46 bits per heavy atom. The van der Waals surface area contributed by atoms with E-state index in [1.807, 2.05) is 50.2 Å². The molecule has 2 aromatic carbocycles. The number of amides is 1. The van der Waals surface area contributed by atoms with Gasteiger partial charge in [-0.05, 0) is 60.7 Å². The van der Waals surface area contributed by atoms with Gasteiger partial charge < -0.3 is 14.8 Å². The van der Waals surface area contributed by atoms with Crippen molar-refractivity contribution in [3.63, 3.8) is 0 Å². The van der Waals surface area contributed by atoms with Gasteiger partial charge in [0.1, 0.15) is 5.75 Å². The largest absolute Gasteiger partial charge is 0.482 e. The number of aryl methyl sites for hydroxylation is 2. The number of nitrogens with one attached hydrogen (secondary N) is 1. The highest BCUT2D eigenvalue weighted by Crippen LogP contribution is 2.23. The molecular weight excluding hydrogens is 330 g/mol. The summed E-state index contributed by atoms with van der Waals surface area (Å²) in [6, 6.07) is 13.1. The molecule has 0 fully saturated rings. The third-order valence-corrected chi connectivity index (χ3v) is 3.89. The maximum Gasteiger partial charge on any atom is 0.344 e. The van der Waals surface area contributed by atoms with E-state index in [0.29, 0.717) is 17.4 Å². The number of benzene rings is 2. The van der Waals surface area contributed by atoms with E-state index in [4.69, 9.17) is 9.47 Å². The van der Waals surface area contributed by atoms with Gasteiger partial charge in [-0.15, -0.1) is 0 Å². The zero-order chi connectivity index (χ0) is 19.1. The van der Waals surface area contributed by atoms with Crippen molar-refractivity contribution in [1.29, 1.82) is 0 Å². The standard InChI is InChI=1S/C21H25NO4/c1-14(2)19-9-8-18(11-16(19)4)25-13-21(24)26-12-20(23)22-17-7-5-6-15(3)10-17/h5-11,14H,12-13H2,1-4H3,(H,22,23). The summed E-state index contributed by atoms with van der Waals surface area (Å²) < 4.78 is 10.4. The lowest BCUT2D eigenvalue weighted by atomic mass is 9.98. The molecule has 2 aromatic rings. The summed E-state index contributed by atoms with van der Waals surface area (Å²) in [5.41, 5.74) is 4.06. The third-order valence-electron chi connectivity index (χ3n) is 3.89. The average molecular weight is 355 g/mol. The Labute approximate surface area is 154 Å². The molecule has 0 heterocycles. The van der Waals surface area contributed by atoms with E-state index in [1.165, 1.54) is 5.56 Å². The Morgan fingerprint density at radius 2 is 1.81 bits per heavy atom. The van der Waals surface area contributed by atoms with Gasteiger partial charge in [0, 0.05) is 5.69 Å². The maximum absolute atomic E-state index is 11.8. The fourth-order valence-corrected chi connectivity index (χ4v) is 2.64. The first-order chi connectivity index (χ1) is 12.3. The lowest BCUT2D eigenvalue weighted by Gasteiger charge is -2.12. The number of hydrogen-bond donors (Lipinski definition) is 1. The molecule has 0 aromatic heterocycles. The molecule has 0 spiro atoms. The van der Waals surface area contributed by atoms with Crippen LogP contribution in [-0.2, 0) is 14.3 Å². The lowest BCUT2D eigenvalue weighted by molar-refractivity contribution is -0.149. The minimum Gasteiger partial charge on any atom is -0.482 e. The predicted octanol–water partition coefficient (Wildman–Crippen LogP) is 3.99. The Balaban J connectivity index is 1.76. The van der Waals surface area contributed by atoms with Gasteiger partial charge in [0.15, 0.2) is 13.2 Å². The molecule has 1 amide bonds. The van der Waals surface area contributed by atoms with Crippen molar-refractivity contribution in [3.8, 4) is 5.75 Å². The number of rotatable bonds is 7. The van der Waals surface area contributed by atoms with Crippen molar-refractivity contribution in [3.05, 3.63) is 59.2 Å². The minimum atomic E-state index is -0.588. The molecule has 0 bridgehead atoms. The summed E-state index contributed by atoms with van der Waals surface area (Å²) in [4.78, 5) is 23.6. The van der Waals surface area contributed by atoms with E-state index < -0.39 is 5.97 Å². The van der Waals surface area contributed by atoms with Crippen LogP contribution in [0.2, 0.25) is 0 Å². The van der Waals surface area contributed by atoms with Crippen LogP contribution in [0.5, 0.6) is 5.75 Å². The number of ether oxygens (including phenoxy) is 2. The molecule has 0 saturated heterocycles. The first kappa shape index (κ1) is 19.5. The molecule has 0 aliphatic rings. The summed E-state index contributed by atoms with van der Waals surface area (Å²) in [7, 11) is 0. The van der Waals surface area contributed by atoms with Gasteiger partial charge in [0.25, 0.3) is 5.91 Å². The van der Waals surface area contributed by atoms with Crippen LogP contribution < -0.4 is 10.1 Å². The fourth-order valence-electron chi connectivity index (χ4n) is 2.64. The quantitative estimate of drug-likeness (QED) is 0.763. The van der Waals surface area contributed by atoms with Gasteiger partial charge in [0.05, 0.1) is 0 Å². The molecule has 26 heavy (non-hydrogen) atoms. The molecule has 0 aliphatic heterocycles. The Kier molecular flexibility index (Phi) is 6.78. The second-order valence-corrected chi connectivity index (χ2v) is 6.54. The molecule has 5 nitrogen and oxygen atoms in total. The Bertz CT molecular complexity index is 783. The van der Waals surface area contributed by atoms with Gasteiger partial charge in [0.2, 0.25) is 0 Å². The van der Waals surface area contributed by atoms with Crippen molar-refractivity contribution < 1.29 is 19.1 Å². The van der Waals surface area contributed by atoms with E-state index in [1.54, 1.807) is 6.07 Å². The van der Waals surface area contributed by atoms with Gasteiger partial charge in [-0.3, -0.25) is 4.79 Å². The van der Waals surface area contributed by atoms with Crippen LogP contribution in [0.15, 0.2) is 42.5 Å². The van der Waals surface area contributed by atoms with Crippen molar-refractivity contribution in [1.82, 2.24) is 0 Å². The summed E-state index contributed by atoms with van der Waals surface area (Å²) in [6.07, 6.45) is 0. The Hall–Kier alpha value is -2.82. The molecular formula is C21H25NO4. The maximum atomic E-state index is 11.8. The number of esters is 1. The molecule has 0 atom stereocenters.